The van der Waals surface area contributed by atoms with Gasteiger partial charge < -0.3 is 5.32 Å². The van der Waals surface area contributed by atoms with E-state index in [1.54, 1.807) is 24.4 Å². The Bertz CT molecular complexity index is 561. The molecule has 0 bridgehead atoms. The van der Waals surface area contributed by atoms with Gasteiger partial charge in [-0.05, 0) is 29.8 Å². The van der Waals surface area contributed by atoms with Crippen LogP contribution >= 0.6 is 0 Å². The molecule has 0 spiro atoms. The maximum absolute atomic E-state index is 12.9. The Hall–Kier alpha value is -2.41. The highest BCUT2D eigenvalue weighted by Crippen LogP contribution is 2.11. The summed E-state index contributed by atoms with van der Waals surface area (Å²) in [6.07, 6.45) is 2.77. The minimum absolute atomic E-state index is 0.352. The first kappa shape index (κ1) is 11.1. The van der Waals surface area contributed by atoms with Gasteiger partial charge in [0.15, 0.2) is 0 Å². The van der Waals surface area contributed by atoms with Crippen LogP contribution in [0.1, 0.15) is 11.1 Å². The second-order valence-electron chi connectivity index (χ2n) is 3.56. The van der Waals surface area contributed by atoms with Crippen LogP contribution < -0.4 is 5.32 Å². The molecule has 1 aromatic carbocycles. The number of aromatic nitrogens is 1. The van der Waals surface area contributed by atoms with E-state index < -0.39 is 0 Å². The van der Waals surface area contributed by atoms with Crippen LogP contribution in [0.15, 0.2) is 42.7 Å². The van der Waals surface area contributed by atoms with Crippen molar-refractivity contribution in [1.29, 1.82) is 5.26 Å². The molecular formula is C13H10FN3. The molecule has 0 aliphatic carbocycles. The van der Waals surface area contributed by atoms with Crippen LogP contribution in [0, 0.1) is 17.1 Å². The molecule has 2 aromatic rings. The fourth-order valence-corrected chi connectivity index (χ4v) is 1.46. The van der Waals surface area contributed by atoms with Gasteiger partial charge in [0.25, 0.3) is 0 Å². The third kappa shape index (κ3) is 3.02. The molecule has 17 heavy (non-hydrogen) atoms. The predicted octanol–water partition coefficient (Wildman–Crippen LogP) is 2.70. The minimum atomic E-state index is -0.352. The molecule has 2 rings (SSSR count). The second kappa shape index (κ2) is 5.08. The molecule has 0 saturated carbocycles. The average Bonchev–Trinajstić information content (AvgIpc) is 2.37. The number of hydrogen-bond acceptors (Lipinski definition) is 3. The summed E-state index contributed by atoms with van der Waals surface area (Å²) in [5.41, 5.74) is 2.17. The minimum Gasteiger partial charge on any atom is -0.381 e. The molecule has 4 heteroatoms. The fourth-order valence-electron chi connectivity index (χ4n) is 1.46. The van der Waals surface area contributed by atoms with Crippen molar-refractivity contribution in [3.8, 4) is 6.07 Å². The van der Waals surface area contributed by atoms with Crippen LogP contribution in [0.25, 0.3) is 0 Å². The van der Waals surface area contributed by atoms with E-state index in [0.717, 1.165) is 11.3 Å². The Morgan fingerprint density at radius 1 is 1.29 bits per heavy atom. The molecule has 0 fully saturated rings. The lowest BCUT2D eigenvalue weighted by Gasteiger charge is -2.06. The van der Waals surface area contributed by atoms with Gasteiger partial charge in [-0.15, -0.1) is 0 Å². The van der Waals surface area contributed by atoms with Crippen molar-refractivity contribution in [2.45, 2.75) is 6.54 Å². The standard InChI is InChI=1S/C13H10FN3/c14-12-4-11(7-16-9-12)8-17-13-3-1-2-10(5-13)6-15/h1-5,7,9,17H,8H2. The smallest absolute Gasteiger partial charge is 0.141 e. The molecule has 0 unspecified atom stereocenters. The largest absolute Gasteiger partial charge is 0.381 e. The van der Waals surface area contributed by atoms with Crippen molar-refractivity contribution in [2.75, 3.05) is 5.32 Å². The zero-order valence-electron chi connectivity index (χ0n) is 9.02. The zero-order valence-corrected chi connectivity index (χ0v) is 9.02. The van der Waals surface area contributed by atoms with E-state index in [0.29, 0.717) is 12.1 Å². The second-order valence-corrected chi connectivity index (χ2v) is 3.56. The molecule has 3 nitrogen and oxygen atoms in total. The lowest BCUT2D eigenvalue weighted by Crippen LogP contribution is -2.00. The molecule has 1 heterocycles. The number of nitriles is 1. The number of benzene rings is 1. The van der Waals surface area contributed by atoms with E-state index in [1.165, 1.54) is 12.3 Å². The van der Waals surface area contributed by atoms with Gasteiger partial charge in [-0.3, -0.25) is 4.98 Å². The van der Waals surface area contributed by atoms with Gasteiger partial charge >= 0.3 is 0 Å². The monoisotopic (exact) mass is 227 g/mol. The van der Waals surface area contributed by atoms with Crippen molar-refractivity contribution in [3.63, 3.8) is 0 Å². The molecule has 0 aliphatic rings. The Morgan fingerprint density at radius 3 is 2.94 bits per heavy atom. The van der Waals surface area contributed by atoms with Gasteiger partial charge in [0.2, 0.25) is 0 Å². The van der Waals surface area contributed by atoms with Crippen molar-refractivity contribution >= 4 is 5.69 Å². The summed E-state index contributed by atoms with van der Waals surface area (Å²) in [5.74, 6) is -0.352. The number of halogens is 1. The number of rotatable bonds is 3. The summed E-state index contributed by atoms with van der Waals surface area (Å²) in [4.78, 5) is 3.76. The van der Waals surface area contributed by atoms with E-state index in [1.807, 2.05) is 6.07 Å². The van der Waals surface area contributed by atoms with Crippen molar-refractivity contribution in [3.05, 3.63) is 59.7 Å². The first-order valence-corrected chi connectivity index (χ1v) is 5.11. The third-order valence-corrected chi connectivity index (χ3v) is 2.25. The SMILES string of the molecule is N#Cc1cccc(NCc2cncc(F)c2)c1. The molecule has 1 aromatic heterocycles. The van der Waals surface area contributed by atoms with Crippen molar-refractivity contribution in [2.24, 2.45) is 0 Å². The molecule has 0 amide bonds. The number of pyridine rings is 1. The van der Waals surface area contributed by atoms with E-state index in [2.05, 4.69) is 16.4 Å². The highest BCUT2D eigenvalue weighted by molar-refractivity contribution is 5.49. The van der Waals surface area contributed by atoms with Gasteiger partial charge in [-0.25, -0.2) is 4.39 Å². The van der Waals surface area contributed by atoms with Crippen molar-refractivity contribution < 1.29 is 4.39 Å². The van der Waals surface area contributed by atoms with E-state index in [4.69, 9.17) is 5.26 Å². The van der Waals surface area contributed by atoms with Gasteiger partial charge in [0.05, 0.1) is 17.8 Å². The van der Waals surface area contributed by atoms with Gasteiger partial charge in [0, 0.05) is 18.4 Å². The molecule has 0 saturated heterocycles. The summed E-state index contributed by atoms with van der Waals surface area (Å²) < 4.78 is 12.9. The van der Waals surface area contributed by atoms with E-state index >= 15 is 0 Å². The summed E-state index contributed by atoms with van der Waals surface area (Å²) in [6.45, 7) is 0.472. The highest BCUT2D eigenvalue weighted by atomic mass is 19.1. The van der Waals surface area contributed by atoms with Gasteiger partial charge in [0.1, 0.15) is 5.82 Å². The molecule has 0 radical (unpaired) electrons. The van der Waals surface area contributed by atoms with Crippen LogP contribution in [-0.4, -0.2) is 4.98 Å². The van der Waals surface area contributed by atoms with Crippen LogP contribution in [0.4, 0.5) is 10.1 Å². The first-order chi connectivity index (χ1) is 8.28. The summed E-state index contributed by atoms with van der Waals surface area (Å²) >= 11 is 0. The normalized spacial score (nSPS) is 9.65. The summed E-state index contributed by atoms with van der Waals surface area (Å²) in [7, 11) is 0. The summed E-state index contributed by atoms with van der Waals surface area (Å²) in [5, 5.41) is 11.9. The maximum Gasteiger partial charge on any atom is 0.141 e. The highest BCUT2D eigenvalue weighted by Gasteiger charge is 1.97. The third-order valence-electron chi connectivity index (χ3n) is 2.25. The van der Waals surface area contributed by atoms with Crippen LogP contribution in [0.5, 0.6) is 0 Å². The zero-order chi connectivity index (χ0) is 12.1. The fraction of sp³-hybridized carbons (Fsp3) is 0.0769. The Balaban J connectivity index is 2.05. The molecule has 84 valence electrons. The summed E-state index contributed by atoms with van der Waals surface area (Å²) in [6, 6.07) is 10.6. The first-order valence-electron chi connectivity index (χ1n) is 5.11. The maximum atomic E-state index is 12.9. The van der Waals surface area contributed by atoms with Crippen LogP contribution in [0.3, 0.4) is 0 Å². The Morgan fingerprint density at radius 2 is 2.18 bits per heavy atom. The Labute approximate surface area is 98.5 Å². The number of hydrogen-bond donors (Lipinski definition) is 1. The molecule has 0 aliphatic heterocycles. The van der Waals surface area contributed by atoms with E-state index in [-0.39, 0.29) is 5.82 Å². The van der Waals surface area contributed by atoms with Gasteiger partial charge in [-0.2, -0.15) is 5.26 Å². The van der Waals surface area contributed by atoms with Gasteiger partial charge in [-0.1, -0.05) is 6.07 Å². The van der Waals surface area contributed by atoms with Crippen LogP contribution in [-0.2, 0) is 6.54 Å². The lowest BCUT2D eigenvalue weighted by molar-refractivity contribution is 0.619. The predicted molar refractivity (Wildman–Crippen MR) is 62.7 cm³/mol. The van der Waals surface area contributed by atoms with Crippen LogP contribution in [0.2, 0.25) is 0 Å². The lowest BCUT2D eigenvalue weighted by atomic mass is 10.2. The quantitative estimate of drug-likeness (QED) is 0.877. The number of nitrogens with one attached hydrogen (secondary N) is 1. The molecule has 0 atom stereocenters. The topological polar surface area (TPSA) is 48.7 Å². The van der Waals surface area contributed by atoms with Crippen molar-refractivity contribution in [1.82, 2.24) is 4.98 Å². The number of anilines is 1. The Kier molecular flexibility index (Phi) is 3.31. The number of nitrogens with zero attached hydrogens (tertiary/aromatic N) is 2. The molecular weight excluding hydrogens is 217 g/mol. The average molecular weight is 227 g/mol. The molecule has 1 N–H and O–H groups in total. The van der Waals surface area contributed by atoms with E-state index in [9.17, 15) is 4.39 Å².